The molecule has 1 fully saturated rings. The smallest absolute Gasteiger partial charge is 0.410 e. The van der Waals surface area contributed by atoms with Crippen LogP contribution in [-0.2, 0) is 11.2 Å². The minimum atomic E-state index is -0.459. The van der Waals surface area contributed by atoms with Crippen LogP contribution in [0.3, 0.4) is 0 Å². The number of aromatic amines is 1. The van der Waals surface area contributed by atoms with Gasteiger partial charge in [0.05, 0.1) is 5.69 Å². The number of carbonyl (C=O) groups excluding carboxylic acids is 1. The SMILES string of the molecule is CC(C)(C)OC(=O)N1CC(Cc2nc(-c3ccc[nH]3)no2)C1. The minimum absolute atomic E-state index is 0.263. The highest BCUT2D eigenvalue weighted by molar-refractivity contribution is 5.69. The second kappa shape index (κ2) is 5.47. The summed E-state index contributed by atoms with van der Waals surface area (Å²) in [6, 6.07) is 3.78. The average Bonchev–Trinajstić information content (AvgIpc) is 3.01. The van der Waals surface area contributed by atoms with Crippen LogP contribution >= 0.6 is 0 Å². The second-order valence-corrected chi connectivity index (χ2v) is 6.55. The van der Waals surface area contributed by atoms with Crippen molar-refractivity contribution in [3.63, 3.8) is 0 Å². The fourth-order valence-corrected chi connectivity index (χ4v) is 2.34. The molecule has 0 saturated carbocycles. The zero-order chi connectivity index (χ0) is 15.7. The lowest BCUT2D eigenvalue weighted by molar-refractivity contribution is -0.00186. The van der Waals surface area contributed by atoms with Crippen molar-refractivity contribution in [2.24, 2.45) is 5.92 Å². The second-order valence-electron chi connectivity index (χ2n) is 6.55. The first-order valence-electron chi connectivity index (χ1n) is 7.35. The number of rotatable bonds is 3. The fourth-order valence-electron chi connectivity index (χ4n) is 2.34. The number of carbonyl (C=O) groups is 1. The molecule has 0 aliphatic carbocycles. The molecule has 1 aliphatic rings. The number of nitrogens with zero attached hydrogens (tertiary/aromatic N) is 3. The normalized spacial score (nSPS) is 15.7. The molecule has 0 radical (unpaired) electrons. The van der Waals surface area contributed by atoms with E-state index in [2.05, 4.69) is 15.1 Å². The Balaban J connectivity index is 1.49. The number of nitrogens with one attached hydrogen (secondary N) is 1. The van der Waals surface area contributed by atoms with Crippen LogP contribution in [0.5, 0.6) is 0 Å². The zero-order valence-corrected chi connectivity index (χ0v) is 13.0. The van der Waals surface area contributed by atoms with Crippen LogP contribution in [0.15, 0.2) is 22.9 Å². The molecule has 0 bridgehead atoms. The Morgan fingerprint density at radius 2 is 2.27 bits per heavy atom. The average molecular weight is 304 g/mol. The van der Waals surface area contributed by atoms with Crippen molar-refractivity contribution < 1.29 is 14.1 Å². The number of hydrogen-bond donors (Lipinski definition) is 1. The van der Waals surface area contributed by atoms with Gasteiger partial charge in [0.2, 0.25) is 11.7 Å². The quantitative estimate of drug-likeness (QED) is 0.941. The zero-order valence-electron chi connectivity index (χ0n) is 13.0. The fraction of sp³-hybridized carbons (Fsp3) is 0.533. The molecular weight excluding hydrogens is 284 g/mol. The molecule has 2 aromatic rings. The van der Waals surface area contributed by atoms with E-state index in [1.165, 1.54) is 0 Å². The van der Waals surface area contributed by atoms with Gasteiger partial charge in [0.25, 0.3) is 0 Å². The summed E-state index contributed by atoms with van der Waals surface area (Å²) in [5, 5.41) is 3.95. The molecule has 1 N–H and O–H groups in total. The predicted molar refractivity (Wildman–Crippen MR) is 79.1 cm³/mol. The van der Waals surface area contributed by atoms with Crippen LogP contribution < -0.4 is 0 Å². The van der Waals surface area contributed by atoms with Crippen LogP contribution in [0.1, 0.15) is 26.7 Å². The highest BCUT2D eigenvalue weighted by Crippen LogP contribution is 2.23. The summed E-state index contributed by atoms with van der Waals surface area (Å²) in [6.45, 7) is 6.92. The summed E-state index contributed by atoms with van der Waals surface area (Å²) in [5.74, 6) is 1.49. The van der Waals surface area contributed by atoms with E-state index >= 15 is 0 Å². The van der Waals surface area contributed by atoms with Crippen molar-refractivity contribution in [1.29, 1.82) is 0 Å². The van der Waals surface area contributed by atoms with Gasteiger partial charge >= 0.3 is 6.09 Å². The molecule has 0 spiro atoms. The third kappa shape index (κ3) is 3.29. The van der Waals surface area contributed by atoms with E-state index in [0.717, 1.165) is 5.69 Å². The van der Waals surface area contributed by atoms with E-state index in [-0.39, 0.29) is 6.09 Å². The Kier molecular flexibility index (Phi) is 3.64. The molecule has 3 rings (SSSR count). The lowest BCUT2D eigenvalue weighted by atomic mass is 9.97. The van der Waals surface area contributed by atoms with Gasteiger partial charge in [0, 0.05) is 31.6 Å². The van der Waals surface area contributed by atoms with Gasteiger partial charge in [-0.15, -0.1) is 0 Å². The maximum Gasteiger partial charge on any atom is 0.410 e. The van der Waals surface area contributed by atoms with Crippen molar-refractivity contribution in [2.45, 2.75) is 32.8 Å². The van der Waals surface area contributed by atoms with E-state index in [9.17, 15) is 4.79 Å². The number of amides is 1. The number of hydrogen-bond acceptors (Lipinski definition) is 5. The first kappa shape index (κ1) is 14.6. The summed E-state index contributed by atoms with van der Waals surface area (Å²) in [7, 11) is 0. The molecule has 0 atom stereocenters. The van der Waals surface area contributed by atoms with E-state index < -0.39 is 5.60 Å². The van der Waals surface area contributed by atoms with Crippen molar-refractivity contribution in [1.82, 2.24) is 20.0 Å². The molecule has 1 saturated heterocycles. The van der Waals surface area contributed by atoms with Crippen LogP contribution in [0.2, 0.25) is 0 Å². The summed E-state index contributed by atoms with van der Waals surface area (Å²) in [6.07, 6.45) is 2.23. The number of aromatic nitrogens is 3. The molecule has 22 heavy (non-hydrogen) atoms. The Morgan fingerprint density at radius 1 is 1.50 bits per heavy atom. The molecule has 118 valence electrons. The third-order valence-electron chi connectivity index (χ3n) is 3.38. The topological polar surface area (TPSA) is 84.2 Å². The lowest BCUT2D eigenvalue weighted by Gasteiger charge is -2.39. The molecule has 2 aromatic heterocycles. The summed E-state index contributed by atoms with van der Waals surface area (Å²) in [4.78, 5) is 20.9. The van der Waals surface area contributed by atoms with Crippen molar-refractivity contribution in [3.05, 3.63) is 24.2 Å². The van der Waals surface area contributed by atoms with E-state index in [4.69, 9.17) is 9.26 Å². The van der Waals surface area contributed by atoms with Crippen molar-refractivity contribution in [3.8, 4) is 11.5 Å². The van der Waals surface area contributed by atoms with E-state index in [0.29, 0.717) is 37.1 Å². The van der Waals surface area contributed by atoms with E-state index in [1.54, 1.807) is 4.90 Å². The molecule has 7 nitrogen and oxygen atoms in total. The molecule has 3 heterocycles. The number of H-pyrrole nitrogens is 1. The Labute approximate surface area is 128 Å². The van der Waals surface area contributed by atoms with Crippen LogP contribution in [0.25, 0.3) is 11.5 Å². The molecule has 0 unspecified atom stereocenters. The Morgan fingerprint density at radius 3 is 2.91 bits per heavy atom. The lowest BCUT2D eigenvalue weighted by Crippen LogP contribution is -2.52. The third-order valence-corrected chi connectivity index (χ3v) is 3.38. The van der Waals surface area contributed by atoms with Gasteiger partial charge in [0.1, 0.15) is 5.60 Å². The first-order valence-corrected chi connectivity index (χ1v) is 7.35. The van der Waals surface area contributed by atoms with E-state index in [1.807, 2.05) is 39.1 Å². The van der Waals surface area contributed by atoms with Gasteiger partial charge in [-0.1, -0.05) is 5.16 Å². The maximum absolute atomic E-state index is 11.8. The highest BCUT2D eigenvalue weighted by Gasteiger charge is 2.34. The molecule has 1 amide bonds. The number of ether oxygens (including phenoxy) is 1. The molecule has 1 aliphatic heterocycles. The summed E-state index contributed by atoms with van der Waals surface area (Å²) in [5.41, 5.74) is 0.374. The number of likely N-dealkylation sites (tertiary alicyclic amines) is 1. The Bertz CT molecular complexity index is 636. The standard InChI is InChI=1S/C15H20N4O3/c1-15(2,3)21-14(20)19-8-10(9-19)7-12-17-13(18-22-12)11-5-4-6-16-11/h4-6,10,16H,7-9H2,1-3H3. The summed E-state index contributed by atoms with van der Waals surface area (Å²) < 4.78 is 10.6. The van der Waals surface area contributed by atoms with Crippen LogP contribution in [0, 0.1) is 5.92 Å². The van der Waals surface area contributed by atoms with Gasteiger partial charge < -0.3 is 19.1 Å². The first-order chi connectivity index (χ1) is 10.4. The Hall–Kier alpha value is -2.31. The van der Waals surface area contributed by atoms with Crippen molar-refractivity contribution in [2.75, 3.05) is 13.1 Å². The van der Waals surface area contributed by atoms with Crippen molar-refractivity contribution >= 4 is 6.09 Å². The molecule has 7 heteroatoms. The highest BCUT2D eigenvalue weighted by atomic mass is 16.6. The van der Waals surface area contributed by atoms with Gasteiger partial charge in [-0.2, -0.15) is 4.98 Å². The molecular formula is C15H20N4O3. The summed E-state index contributed by atoms with van der Waals surface area (Å²) >= 11 is 0. The van der Waals surface area contributed by atoms with Gasteiger partial charge in [-0.05, 0) is 32.9 Å². The van der Waals surface area contributed by atoms with Gasteiger partial charge in [-0.3, -0.25) is 0 Å². The largest absolute Gasteiger partial charge is 0.444 e. The maximum atomic E-state index is 11.8. The van der Waals surface area contributed by atoms with Gasteiger partial charge in [-0.25, -0.2) is 4.79 Å². The predicted octanol–water partition coefficient (Wildman–Crippen LogP) is 2.47. The monoisotopic (exact) mass is 304 g/mol. The molecule has 0 aromatic carbocycles. The minimum Gasteiger partial charge on any atom is -0.444 e. The van der Waals surface area contributed by atoms with Crippen LogP contribution in [0.4, 0.5) is 4.79 Å². The van der Waals surface area contributed by atoms with Crippen LogP contribution in [-0.4, -0.2) is 44.8 Å². The van der Waals surface area contributed by atoms with Gasteiger partial charge in [0.15, 0.2) is 0 Å².